The summed E-state index contributed by atoms with van der Waals surface area (Å²) in [6.07, 6.45) is 4.63. The Morgan fingerprint density at radius 2 is 1.94 bits per heavy atom. The summed E-state index contributed by atoms with van der Waals surface area (Å²) in [6, 6.07) is 9.20. The van der Waals surface area contributed by atoms with Crippen molar-refractivity contribution in [2.45, 2.75) is 64.6 Å². The summed E-state index contributed by atoms with van der Waals surface area (Å²) >= 11 is 1.36. The van der Waals surface area contributed by atoms with Crippen LogP contribution in [0.25, 0.3) is 5.78 Å². The number of benzene rings is 1. The number of amides is 1. The molecule has 33 heavy (non-hydrogen) atoms. The molecule has 7 nitrogen and oxygen atoms in total. The number of piperidine rings is 1. The van der Waals surface area contributed by atoms with Gasteiger partial charge in [0.2, 0.25) is 11.1 Å². The number of aryl methyl sites for hydroxylation is 3. The maximum absolute atomic E-state index is 12.3. The molecule has 8 heteroatoms. The molecule has 0 unspecified atom stereocenters. The van der Waals surface area contributed by atoms with Gasteiger partial charge in [0.25, 0.3) is 5.78 Å². The van der Waals surface area contributed by atoms with Crippen molar-refractivity contribution in [3.63, 3.8) is 0 Å². The number of fused-ring (bicyclic) bond motifs is 1. The molecule has 0 spiro atoms. The van der Waals surface area contributed by atoms with E-state index in [-0.39, 0.29) is 5.91 Å². The van der Waals surface area contributed by atoms with Gasteiger partial charge in [0.05, 0.1) is 5.75 Å². The van der Waals surface area contributed by atoms with Gasteiger partial charge in [-0.2, -0.15) is 4.98 Å². The van der Waals surface area contributed by atoms with Crippen LogP contribution in [0, 0.1) is 20.8 Å². The Labute approximate surface area is 200 Å². The molecule has 0 saturated carbocycles. The number of likely N-dealkylation sites (tertiary alicyclic amines) is 1. The zero-order valence-corrected chi connectivity index (χ0v) is 20.9. The molecule has 1 aliphatic heterocycles. The fourth-order valence-electron chi connectivity index (χ4n) is 4.43. The Morgan fingerprint density at radius 3 is 2.70 bits per heavy atom. The van der Waals surface area contributed by atoms with Crippen LogP contribution in [0.15, 0.2) is 29.4 Å². The van der Waals surface area contributed by atoms with Crippen molar-refractivity contribution >= 4 is 23.4 Å². The molecule has 0 bridgehead atoms. The Morgan fingerprint density at radius 1 is 1.15 bits per heavy atom. The molecular formula is C25H34N6OS. The topological polar surface area (TPSA) is 75.4 Å². The molecule has 0 aliphatic carbocycles. The summed E-state index contributed by atoms with van der Waals surface area (Å²) in [7, 11) is 0. The fourth-order valence-corrected chi connectivity index (χ4v) is 5.07. The van der Waals surface area contributed by atoms with Crippen LogP contribution in [0.5, 0.6) is 0 Å². The third-order valence-electron chi connectivity index (χ3n) is 6.53. The van der Waals surface area contributed by atoms with E-state index in [1.807, 2.05) is 6.92 Å². The van der Waals surface area contributed by atoms with Crippen molar-refractivity contribution in [3.8, 4) is 0 Å². The van der Waals surface area contributed by atoms with Crippen LogP contribution in [0.4, 0.5) is 0 Å². The van der Waals surface area contributed by atoms with Crippen LogP contribution in [-0.2, 0) is 11.2 Å². The third-order valence-corrected chi connectivity index (χ3v) is 7.36. The van der Waals surface area contributed by atoms with E-state index in [4.69, 9.17) is 0 Å². The van der Waals surface area contributed by atoms with Gasteiger partial charge in [-0.3, -0.25) is 9.69 Å². The molecular weight excluding hydrogens is 432 g/mol. The molecule has 1 N–H and O–H groups in total. The maximum Gasteiger partial charge on any atom is 0.253 e. The molecule has 1 saturated heterocycles. The number of hydrogen-bond acceptors (Lipinski definition) is 6. The average Bonchev–Trinajstić information content (AvgIpc) is 3.21. The second kappa shape index (κ2) is 10.7. The summed E-state index contributed by atoms with van der Waals surface area (Å²) in [5.74, 6) is 0.907. The highest BCUT2D eigenvalue weighted by atomic mass is 32.2. The van der Waals surface area contributed by atoms with Gasteiger partial charge < -0.3 is 5.32 Å². The van der Waals surface area contributed by atoms with E-state index in [9.17, 15) is 4.79 Å². The number of nitrogens with one attached hydrogen (secondary N) is 1. The zero-order chi connectivity index (χ0) is 23.4. The van der Waals surface area contributed by atoms with Gasteiger partial charge in [0.1, 0.15) is 0 Å². The first-order chi connectivity index (χ1) is 15.9. The van der Waals surface area contributed by atoms with Crippen molar-refractivity contribution in [3.05, 3.63) is 52.3 Å². The molecule has 0 radical (unpaired) electrons. The van der Waals surface area contributed by atoms with Crippen LogP contribution < -0.4 is 5.32 Å². The van der Waals surface area contributed by atoms with Crippen LogP contribution >= 0.6 is 11.8 Å². The number of thioether (sulfide) groups is 1. The molecule has 4 rings (SSSR count). The lowest BCUT2D eigenvalue weighted by atomic mass is 10.0. The highest BCUT2D eigenvalue weighted by Crippen LogP contribution is 2.21. The van der Waals surface area contributed by atoms with Crippen molar-refractivity contribution in [1.29, 1.82) is 0 Å². The lowest BCUT2D eigenvalue weighted by Crippen LogP contribution is -2.42. The van der Waals surface area contributed by atoms with Crippen molar-refractivity contribution in [2.75, 3.05) is 25.4 Å². The normalized spacial score (nSPS) is 16.9. The molecule has 1 amide bonds. The lowest BCUT2D eigenvalue weighted by Gasteiger charge is -2.33. The molecule has 176 valence electrons. The smallest absolute Gasteiger partial charge is 0.253 e. The summed E-state index contributed by atoms with van der Waals surface area (Å²) in [4.78, 5) is 24.0. The van der Waals surface area contributed by atoms with Crippen LogP contribution in [0.2, 0.25) is 0 Å². The van der Waals surface area contributed by atoms with E-state index in [1.54, 1.807) is 4.52 Å². The minimum atomic E-state index is 0.0180. The van der Waals surface area contributed by atoms with Gasteiger partial charge in [0, 0.05) is 36.9 Å². The minimum Gasteiger partial charge on any atom is -0.354 e. The summed E-state index contributed by atoms with van der Waals surface area (Å²) in [5, 5.41) is 8.24. The van der Waals surface area contributed by atoms with Crippen molar-refractivity contribution in [2.24, 2.45) is 0 Å². The Bertz CT molecular complexity index is 1110. The van der Waals surface area contributed by atoms with Gasteiger partial charge in [-0.25, -0.2) is 9.50 Å². The summed E-state index contributed by atoms with van der Waals surface area (Å²) in [5.41, 5.74) is 5.67. The zero-order valence-electron chi connectivity index (χ0n) is 20.1. The molecule has 1 aromatic carbocycles. The van der Waals surface area contributed by atoms with E-state index in [2.05, 4.69) is 70.3 Å². The Kier molecular flexibility index (Phi) is 7.65. The summed E-state index contributed by atoms with van der Waals surface area (Å²) in [6.45, 7) is 11.2. The van der Waals surface area contributed by atoms with E-state index in [0.717, 1.165) is 36.5 Å². The quantitative estimate of drug-likeness (QED) is 0.510. The number of aromatic nitrogens is 4. The van der Waals surface area contributed by atoms with E-state index < -0.39 is 0 Å². The predicted molar refractivity (Wildman–Crippen MR) is 133 cm³/mol. The monoisotopic (exact) mass is 466 g/mol. The number of hydrogen-bond donors (Lipinski definition) is 1. The molecule has 1 fully saturated rings. The second-order valence-corrected chi connectivity index (χ2v) is 9.99. The number of carbonyl (C=O) groups excluding carboxylic acids is 1. The Balaban J connectivity index is 1.35. The number of rotatable bonds is 8. The van der Waals surface area contributed by atoms with Gasteiger partial charge in [-0.1, -0.05) is 48.0 Å². The first-order valence-corrected chi connectivity index (χ1v) is 12.8. The molecule has 3 heterocycles. The lowest BCUT2D eigenvalue weighted by molar-refractivity contribution is -0.118. The maximum atomic E-state index is 12.3. The second-order valence-electron chi connectivity index (χ2n) is 9.05. The summed E-state index contributed by atoms with van der Waals surface area (Å²) < 4.78 is 1.80. The van der Waals surface area contributed by atoms with Crippen molar-refractivity contribution in [1.82, 2.24) is 29.8 Å². The number of carbonyl (C=O) groups is 1. The fraction of sp³-hybridized carbons (Fsp3) is 0.520. The average molecular weight is 467 g/mol. The predicted octanol–water partition coefficient (Wildman–Crippen LogP) is 3.72. The standard InChI is InChI=1S/C25H34N6OS/c1-17-8-10-21(11-9-17)15-22-19(3)27-24-28-25(29-31(24)20(22)4)33-16-23(32)26-12-14-30-13-6-5-7-18(30)2/h8-11,18H,5-7,12-16H2,1-4H3,(H,26,32)/t18-/m0/s1. The molecule has 1 aliphatic rings. The van der Waals surface area contributed by atoms with Crippen LogP contribution in [-0.4, -0.2) is 61.8 Å². The van der Waals surface area contributed by atoms with Gasteiger partial charge in [0.15, 0.2) is 0 Å². The first kappa shape index (κ1) is 23.7. The van der Waals surface area contributed by atoms with E-state index >= 15 is 0 Å². The van der Waals surface area contributed by atoms with E-state index in [1.165, 1.54) is 42.2 Å². The first-order valence-electron chi connectivity index (χ1n) is 11.8. The molecule has 2 aromatic heterocycles. The third kappa shape index (κ3) is 5.92. The van der Waals surface area contributed by atoms with Gasteiger partial charge in [-0.15, -0.1) is 5.10 Å². The number of nitrogens with zero attached hydrogens (tertiary/aromatic N) is 5. The van der Waals surface area contributed by atoms with Crippen LogP contribution in [0.1, 0.15) is 54.3 Å². The molecule has 3 aromatic rings. The Hall–Kier alpha value is -2.45. The van der Waals surface area contributed by atoms with E-state index in [0.29, 0.717) is 29.3 Å². The van der Waals surface area contributed by atoms with Gasteiger partial charge in [-0.05, 0) is 58.2 Å². The highest BCUT2D eigenvalue weighted by molar-refractivity contribution is 7.99. The van der Waals surface area contributed by atoms with Gasteiger partial charge >= 0.3 is 0 Å². The molecule has 1 atom stereocenters. The van der Waals surface area contributed by atoms with Crippen LogP contribution in [0.3, 0.4) is 0 Å². The highest BCUT2D eigenvalue weighted by Gasteiger charge is 2.18. The minimum absolute atomic E-state index is 0.0180. The largest absolute Gasteiger partial charge is 0.354 e. The van der Waals surface area contributed by atoms with Crippen molar-refractivity contribution < 1.29 is 4.79 Å². The SMILES string of the molecule is Cc1ccc(Cc2c(C)nc3nc(SCC(=O)NCCN4CCCC[C@@H]4C)nn3c2C)cc1.